The second kappa shape index (κ2) is 18.2. The lowest BCUT2D eigenvalue weighted by Crippen LogP contribution is -2.44. The summed E-state index contributed by atoms with van der Waals surface area (Å²) in [7, 11) is 1.66. The van der Waals surface area contributed by atoms with Crippen molar-refractivity contribution in [1.82, 2.24) is 10.6 Å². The van der Waals surface area contributed by atoms with Gasteiger partial charge in [-0.2, -0.15) is 0 Å². The number of aliphatic hydroxyl groups is 1. The zero-order chi connectivity index (χ0) is 27.8. The van der Waals surface area contributed by atoms with Crippen molar-refractivity contribution in [3.63, 3.8) is 0 Å². The highest BCUT2D eigenvalue weighted by Crippen LogP contribution is 2.24. The molecule has 212 valence electrons. The van der Waals surface area contributed by atoms with Crippen molar-refractivity contribution >= 4 is 11.8 Å². The van der Waals surface area contributed by atoms with E-state index in [2.05, 4.69) is 17.6 Å². The Balaban J connectivity index is 2.68. The van der Waals surface area contributed by atoms with Gasteiger partial charge in [-0.25, -0.2) is 0 Å². The van der Waals surface area contributed by atoms with Crippen LogP contribution in [0.15, 0.2) is 24.3 Å². The second-order valence-corrected chi connectivity index (χ2v) is 10.6. The first-order valence-electron chi connectivity index (χ1n) is 13.8. The van der Waals surface area contributed by atoms with Gasteiger partial charge >= 0.3 is 0 Å². The zero-order valence-electron chi connectivity index (χ0n) is 23.8. The number of unbranched alkanes of at least 4 members (excludes halogenated alkanes) is 1. The summed E-state index contributed by atoms with van der Waals surface area (Å²) in [5, 5.41) is 16.9. The van der Waals surface area contributed by atoms with E-state index in [1.54, 1.807) is 7.11 Å². The van der Waals surface area contributed by atoms with Gasteiger partial charge in [0, 0.05) is 51.1 Å². The molecule has 2 amide bonds. The third-order valence-corrected chi connectivity index (χ3v) is 6.76. The fourth-order valence-corrected chi connectivity index (χ4v) is 4.23. The van der Waals surface area contributed by atoms with Gasteiger partial charge in [-0.15, -0.1) is 0 Å². The van der Waals surface area contributed by atoms with Gasteiger partial charge in [0.2, 0.25) is 11.8 Å². The number of methoxy groups -OCH3 is 1. The lowest BCUT2D eigenvalue weighted by atomic mass is 9.83. The van der Waals surface area contributed by atoms with Crippen LogP contribution in [0.1, 0.15) is 72.3 Å². The van der Waals surface area contributed by atoms with Crippen molar-refractivity contribution in [1.29, 1.82) is 0 Å². The van der Waals surface area contributed by atoms with Gasteiger partial charge in [0.25, 0.3) is 0 Å². The summed E-state index contributed by atoms with van der Waals surface area (Å²) in [6, 6.07) is 7.06. The van der Waals surface area contributed by atoms with Crippen LogP contribution in [0.25, 0.3) is 0 Å². The van der Waals surface area contributed by atoms with Crippen LogP contribution in [0.5, 0.6) is 5.75 Å². The molecule has 0 radical (unpaired) electrons. The molecular weight excluding hydrogens is 470 g/mol. The molecule has 0 saturated carbocycles. The van der Waals surface area contributed by atoms with E-state index in [1.807, 2.05) is 52.0 Å². The number of carbonyl (C=O) groups excluding carboxylic acids is 2. The standard InChI is InChI=1S/C29H51N3O5/c1-7-8-13-31-28(34)24(20(2)3)17-26(30)27(33)18-25(21(4)5)29(35)32-19-22-11-9-12-23(16-22)37-15-10-14-36-6/h9,11-12,16,20-21,24-27,33H,7-8,10,13-15,17-19,30H2,1-6H3,(H,31,34)(H,32,35)/t24-,25-,26-,27-/m0/s1. The molecule has 37 heavy (non-hydrogen) atoms. The van der Waals surface area contributed by atoms with Crippen LogP contribution in [0, 0.1) is 23.7 Å². The van der Waals surface area contributed by atoms with Crippen molar-refractivity contribution in [2.75, 3.05) is 26.9 Å². The molecule has 0 aliphatic carbocycles. The molecule has 0 aliphatic heterocycles. The van der Waals surface area contributed by atoms with E-state index in [9.17, 15) is 14.7 Å². The smallest absolute Gasteiger partial charge is 0.223 e. The number of hydrogen-bond acceptors (Lipinski definition) is 6. The molecule has 0 heterocycles. The van der Waals surface area contributed by atoms with Crippen molar-refractivity contribution in [2.24, 2.45) is 29.4 Å². The maximum absolute atomic E-state index is 13.1. The van der Waals surface area contributed by atoms with E-state index in [4.69, 9.17) is 15.2 Å². The topological polar surface area (TPSA) is 123 Å². The minimum Gasteiger partial charge on any atom is -0.493 e. The van der Waals surface area contributed by atoms with Gasteiger partial charge in [0.15, 0.2) is 0 Å². The number of carbonyl (C=O) groups is 2. The highest BCUT2D eigenvalue weighted by Gasteiger charge is 2.31. The van der Waals surface area contributed by atoms with E-state index in [1.165, 1.54) is 0 Å². The van der Waals surface area contributed by atoms with Gasteiger partial charge in [-0.05, 0) is 48.8 Å². The number of aliphatic hydroxyl groups excluding tert-OH is 1. The summed E-state index contributed by atoms with van der Waals surface area (Å²) in [4.78, 5) is 25.7. The summed E-state index contributed by atoms with van der Waals surface area (Å²) in [6.07, 6.45) is 2.49. The van der Waals surface area contributed by atoms with Crippen LogP contribution in [0.3, 0.4) is 0 Å². The van der Waals surface area contributed by atoms with Crippen LogP contribution >= 0.6 is 0 Å². The van der Waals surface area contributed by atoms with E-state index in [-0.39, 0.29) is 36.0 Å². The molecule has 1 aromatic rings. The predicted octanol–water partition coefficient (Wildman–Crippen LogP) is 3.65. The van der Waals surface area contributed by atoms with Gasteiger partial charge < -0.3 is 30.9 Å². The normalized spacial score (nSPS) is 14.8. The second-order valence-electron chi connectivity index (χ2n) is 10.6. The van der Waals surface area contributed by atoms with Crippen LogP contribution in [0.4, 0.5) is 0 Å². The summed E-state index contributed by atoms with van der Waals surface area (Å²) < 4.78 is 10.8. The Kier molecular flexibility index (Phi) is 16.1. The molecule has 5 N–H and O–H groups in total. The number of hydrogen-bond donors (Lipinski definition) is 4. The fraction of sp³-hybridized carbons (Fsp3) is 0.724. The fourth-order valence-electron chi connectivity index (χ4n) is 4.23. The molecule has 0 aromatic heterocycles. The molecule has 0 aliphatic rings. The summed E-state index contributed by atoms with van der Waals surface area (Å²) >= 11 is 0. The van der Waals surface area contributed by atoms with E-state index in [0.29, 0.717) is 32.7 Å². The van der Waals surface area contributed by atoms with E-state index in [0.717, 1.165) is 30.6 Å². The lowest BCUT2D eigenvalue weighted by Gasteiger charge is -2.29. The average Bonchev–Trinajstić information content (AvgIpc) is 2.86. The van der Waals surface area contributed by atoms with Gasteiger partial charge in [0.1, 0.15) is 5.75 Å². The maximum atomic E-state index is 13.1. The molecule has 0 bridgehead atoms. The molecule has 1 rings (SSSR count). The quantitative estimate of drug-likeness (QED) is 0.206. The average molecular weight is 522 g/mol. The Morgan fingerprint density at radius 2 is 1.62 bits per heavy atom. The maximum Gasteiger partial charge on any atom is 0.223 e. The summed E-state index contributed by atoms with van der Waals surface area (Å²) in [5.74, 6) is 0.0594. The van der Waals surface area contributed by atoms with Crippen molar-refractivity contribution in [3.05, 3.63) is 29.8 Å². The Bertz CT molecular complexity index is 787. The zero-order valence-corrected chi connectivity index (χ0v) is 23.8. The Morgan fingerprint density at radius 1 is 0.973 bits per heavy atom. The third-order valence-electron chi connectivity index (χ3n) is 6.76. The number of nitrogens with one attached hydrogen (secondary N) is 2. The molecule has 0 spiro atoms. The number of benzene rings is 1. The van der Waals surface area contributed by atoms with E-state index >= 15 is 0 Å². The molecule has 8 nitrogen and oxygen atoms in total. The molecule has 0 fully saturated rings. The Labute approximate surface area is 224 Å². The van der Waals surface area contributed by atoms with Crippen LogP contribution in [-0.2, 0) is 20.9 Å². The minimum absolute atomic E-state index is 0.0193. The molecule has 0 saturated heterocycles. The first kappa shape index (κ1) is 32.9. The number of ether oxygens (including phenoxy) is 2. The highest BCUT2D eigenvalue weighted by molar-refractivity contribution is 5.79. The highest BCUT2D eigenvalue weighted by atomic mass is 16.5. The van der Waals surface area contributed by atoms with Crippen molar-refractivity contribution < 1.29 is 24.2 Å². The number of rotatable bonds is 19. The number of amides is 2. The molecular formula is C29H51N3O5. The third kappa shape index (κ3) is 12.8. The van der Waals surface area contributed by atoms with Crippen molar-refractivity contribution in [2.45, 2.75) is 85.4 Å². The van der Waals surface area contributed by atoms with E-state index < -0.39 is 18.1 Å². The monoisotopic (exact) mass is 521 g/mol. The molecule has 8 heteroatoms. The minimum atomic E-state index is -0.883. The van der Waals surface area contributed by atoms with Gasteiger partial charge in [0.05, 0.1) is 12.7 Å². The molecule has 1 aromatic carbocycles. The summed E-state index contributed by atoms with van der Waals surface area (Å²) in [5.41, 5.74) is 7.29. The van der Waals surface area contributed by atoms with Gasteiger partial charge in [-0.1, -0.05) is 53.2 Å². The van der Waals surface area contributed by atoms with Crippen LogP contribution < -0.4 is 21.1 Å². The molecule has 4 atom stereocenters. The van der Waals surface area contributed by atoms with Crippen LogP contribution in [0.2, 0.25) is 0 Å². The Hall–Kier alpha value is -2.16. The van der Waals surface area contributed by atoms with Crippen LogP contribution in [-0.4, -0.2) is 55.9 Å². The SMILES string of the molecule is CCCCNC(=O)[C@@H](C[C@H](N)[C@@H](O)C[C@H](C(=O)NCc1cccc(OCCCOC)c1)C(C)C)C(C)C. The Morgan fingerprint density at radius 3 is 2.24 bits per heavy atom. The number of nitrogens with two attached hydrogens (primary N) is 1. The first-order valence-corrected chi connectivity index (χ1v) is 13.8. The predicted molar refractivity (Wildman–Crippen MR) is 148 cm³/mol. The van der Waals surface area contributed by atoms with Crippen molar-refractivity contribution in [3.8, 4) is 5.75 Å². The largest absolute Gasteiger partial charge is 0.493 e. The first-order chi connectivity index (χ1) is 17.6. The van der Waals surface area contributed by atoms with Gasteiger partial charge in [-0.3, -0.25) is 9.59 Å². The lowest BCUT2D eigenvalue weighted by molar-refractivity contribution is -0.129. The summed E-state index contributed by atoms with van der Waals surface area (Å²) in [6.45, 7) is 12.2. The molecule has 0 unspecified atom stereocenters.